The molecule has 0 bridgehead atoms. The Bertz CT molecular complexity index is 1430. The molecule has 1 aliphatic heterocycles. The van der Waals surface area contributed by atoms with Gasteiger partial charge in [0.2, 0.25) is 5.91 Å². The van der Waals surface area contributed by atoms with Gasteiger partial charge in [0.05, 0.1) is 5.52 Å². The molecule has 188 valence electrons. The maximum atomic E-state index is 14.1. The summed E-state index contributed by atoms with van der Waals surface area (Å²) in [6, 6.07) is 9.90. The van der Waals surface area contributed by atoms with E-state index in [9.17, 15) is 18.0 Å². The summed E-state index contributed by atoms with van der Waals surface area (Å²) >= 11 is 0. The van der Waals surface area contributed by atoms with Crippen LogP contribution >= 0.6 is 0 Å². The van der Waals surface area contributed by atoms with Crippen molar-refractivity contribution >= 4 is 28.1 Å². The molecule has 1 saturated heterocycles. The molecule has 0 radical (unpaired) electrons. The van der Waals surface area contributed by atoms with Crippen LogP contribution in [0.2, 0.25) is 0 Å². The molecule has 1 aromatic carbocycles. The van der Waals surface area contributed by atoms with Crippen molar-refractivity contribution in [3.8, 4) is 11.5 Å². The number of hydrogen-bond acceptors (Lipinski definition) is 6. The molecule has 2 unspecified atom stereocenters. The summed E-state index contributed by atoms with van der Waals surface area (Å²) in [7, 11) is 0. The maximum Gasteiger partial charge on any atom is 0.408 e. The molecule has 1 aliphatic rings. The number of carbonyl (C=O) groups excluding carboxylic acids is 1. The predicted molar refractivity (Wildman–Crippen MR) is 130 cm³/mol. The molecule has 0 aliphatic carbocycles. The number of fused-ring (bicyclic) bond motifs is 2. The molecule has 4 heterocycles. The number of likely N-dealkylation sites (tertiary alicyclic amines) is 1. The van der Waals surface area contributed by atoms with Crippen molar-refractivity contribution < 1.29 is 18.0 Å². The lowest BCUT2D eigenvalue weighted by molar-refractivity contribution is -0.183. The van der Waals surface area contributed by atoms with Crippen molar-refractivity contribution in [1.82, 2.24) is 24.5 Å². The largest absolute Gasteiger partial charge is 0.408 e. The minimum absolute atomic E-state index is 0.0876. The lowest BCUT2D eigenvalue weighted by atomic mass is 10.1. The smallest absolute Gasteiger partial charge is 0.326 e. The number of anilines is 1. The fraction of sp³-hybridized carbons (Fsp3) is 0.360. The highest BCUT2D eigenvalue weighted by Crippen LogP contribution is 2.39. The summed E-state index contributed by atoms with van der Waals surface area (Å²) in [6.07, 6.45) is -2.52. The average Bonchev–Trinajstić information content (AvgIpc) is 3.43. The van der Waals surface area contributed by atoms with E-state index in [1.807, 2.05) is 12.1 Å². The summed E-state index contributed by atoms with van der Waals surface area (Å²) in [6.45, 7) is 4.07. The molecule has 1 amide bonds. The van der Waals surface area contributed by atoms with Crippen molar-refractivity contribution in [2.45, 2.75) is 38.5 Å². The number of rotatable bonds is 5. The highest BCUT2D eigenvalue weighted by molar-refractivity contribution is 5.94. The van der Waals surface area contributed by atoms with E-state index in [1.165, 1.54) is 27.6 Å². The number of halogens is 3. The molecule has 1 fully saturated rings. The van der Waals surface area contributed by atoms with Gasteiger partial charge in [0.25, 0.3) is 0 Å². The van der Waals surface area contributed by atoms with Gasteiger partial charge in [-0.1, -0.05) is 32.0 Å². The first-order valence-corrected chi connectivity index (χ1v) is 11.7. The Morgan fingerprint density at radius 2 is 1.92 bits per heavy atom. The first-order valence-electron chi connectivity index (χ1n) is 11.7. The van der Waals surface area contributed by atoms with Crippen LogP contribution in [-0.2, 0) is 4.79 Å². The Morgan fingerprint density at radius 1 is 1.14 bits per heavy atom. The van der Waals surface area contributed by atoms with E-state index >= 15 is 0 Å². The molecule has 2 atom stereocenters. The Morgan fingerprint density at radius 3 is 2.61 bits per heavy atom. The third kappa shape index (κ3) is 4.63. The number of nitrogens with two attached hydrogens (primary N) is 1. The number of alkyl halides is 3. The van der Waals surface area contributed by atoms with E-state index in [2.05, 4.69) is 20.5 Å². The molecular weight excluding hydrogens is 471 g/mol. The second-order valence-corrected chi connectivity index (χ2v) is 9.45. The lowest BCUT2D eigenvalue weighted by Crippen LogP contribution is -2.38. The summed E-state index contributed by atoms with van der Waals surface area (Å²) in [5.41, 5.74) is 8.06. The molecule has 3 N–H and O–H groups in total. The van der Waals surface area contributed by atoms with Gasteiger partial charge in [-0.25, -0.2) is 4.98 Å². The van der Waals surface area contributed by atoms with Crippen LogP contribution in [0, 0.1) is 5.92 Å². The first-order chi connectivity index (χ1) is 17.1. The van der Waals surface area contributed by atoms with Crippen LogP contribution in [0.25, 0.3) is 28.1 Å². The first kappa shape index (κ1) is 24.1. The molecule has 5 rings (SSSR count). The predicted octanol–water partition coefficient (Wildman–Crippen LogP) is 4.18. The van der Waals surface area contributed by atoms with E-state index in [0.717, 1.165) is 5.39 Å². The highest BCUT2D eigenvalue weighted by Gasteiger charge is 2.46. The van der Waals surface area contributed by atoms with Gasteiger partial charge in [-0.15, -0.1) is 10.2 Å². The molecule has 4 aromatic rings. The van der Waals surface area contributed by atoms with Gasteiger partial charge < -0.3 is 11.1 Å². The zero-order valence-corrected chi connectivity index (χ0v) is 19.8. The minimum Gasteiger partial charge on any atom is -0.326 e. The van der Waals surface area contributed by atoms with Gasteiger partial charge >= 0.3 is 6.18 Å². The van der Waals surface area contributed by atoms with Crippen molar-refractivity contribution in [3.63, 3.8) is 0 Å². The lowest BCUT2D eigenvalue weighted by Gasteiger charge is -2.30. The monoisotopic (exact) mass is 497 g/mol. The van der Waals surface area contributed by atoms with Gasteiger partial charge in [-0.3, -0.25) is 14.1 Å². The number of hydrogen-bond donors (Lipinski definition) is 2. The third-order valence-corrected chi connectivity index (χ3v) is 6.39. The normalized spacial score (nSPS) is 17.8. The fourth-order valence-electron chi connectivity index (χ4n) is 4.51. The van der Waals surface area contributed by atoms with Crippen LogP contribution in [0.1, 0.15) is 31.9 Å². The number of benzene rings is 1. The number of nitrogens with zero attached hydrogens (tertiary/aromatic N) is 5. The Hall–Kier alpha value is -3.57. The van der Waals surface area contributed by atoms with E-state index in [-0.39, 0.29) is 36.5 Å². The molecule has 0 spiro atoms. The maximum absolute atomic E-state index is 14.1. The van der Waals surface area contributed by atoms with Gasteiger partial charge in [0.15, 0.2) is 11.5 Å². The zero-order valence-electron chi connectivity index (χ0n) is 19.8. The molecule has 11 heteroatoms. The number of amides is 1. The summed E-state index contributed by atoms with van der Waals surface area (Å²) in [5, 5.41) is 12.0. The van der Waals surface area contributed by atoms with Crippen LogP contribution in [-0.4, -0.2) is 55.7 Å². The molecule has 0 saturated carbocycles. The van der Waals surface area contributed by atoms with Gasteiger partial charge in [-0.2, -0.15) is 13.2 Å². The summed E-state index contributed by atoms with van der Waals surface area (Å²) < 4.78 is 43.9. The highest BCUT2D eigenvalue weighted by atomic mass is 19.4. The Labute approximate surface area is 205 Å². The van der Waals surface area contributed by atoms with Gasteiger partial charge in [-0.05, 0) is 36.2 Å². The van der Waals surface area contributed by atoms with E-state index in [1.54, 1.807) is 32.0 Å². The molecular formula is C25H26F3N7O. The van der Waals surface area contributed by atoms with Crippen LogP contribution in [0.3, 0.4) is 0 Å². The fourth-order valence-corrected chi connectivity index (χ4v) is 4.51. The molecule has 36 heavy (non-hydrogen) atoms. The summed E-state index contributed by atoms with van der Waals surface area (Å²) in [5.74, 6) is 0.0393. The van der Waals surface area contributed by atoms with Crippen molar-refractivity contribution in [2.24, 2.45) is 11.7 Å². The van der Waals surface area contributed by atoms with Crippen LogP contribution in [0.4, 0.5) is 18.9 Å². The van der Waals surface area contributed by atoms with E-state index in [4.69, 9.17) is 5.73 Å². The average molecular weight is 498 g/mol. The topological polar surface area (TPSA) is 101 Å². The van der Waals surface area contributed by atoms with Crippen LogP contribution < -0.4 is 11.1 Å². The minimum atomic E-state index is -4.47. The van der Waals surface area contributed by atoms with E-state index in [0.29, 0.717) is 34.8 Å². The number of carbonyl (C=O) groups is 1. The van der Waals surface area contributed by atoms with Crippen LogP contribution in [0.15, 0.2) is 48.7 Å². The van der Waals surface area contributed by atoms with Crippen molar-refractivity contribution in [3.05, 3.63) is 54.2 Å². The third-order valence-electron chi connectivity index (χ3n) is 6.39. The van der Waals surface area contributed by atoms with Crippen LogP contribution in [0.5, 0.6) is 0 Å². The second-order valence-electron chi connectivity index (χ2n) is 9.45. The standard InChI is InChI=1S/C25H26F3N7O/c1-14(2)24(36)30-18-6-3-15-4-7-19(31-20(15)11-18)23-33-32-21-8-5-16(12-35(21)23)22(25(26,27)28)34-10-9-17(29)13-34/h3-8,11-12,14,17,22H,9-10,13,29H2,1-2H3,(H,30,36). The Kier molecular flexibility index (Phi) is 6.13. The summed E-state index contributed by atoms with van der Waals surface area (Å²) in [4.78, 5) is 18.1. The van der Waals surface area contributed by atoms with E-state index < -0.39 is 12.2 Å². The number of nitrogens with one attached hydrogen (secondary N) is 1. The van der Waals surface area contributed by atoms with Gasteiger partial charge in [0, 0.05) is 42.3 Å². The SMILES string of the molecule is CC(C)C(=O)Nc1ccc2ccc(-c3nnc4ccc(C(N5CCC(N)C5)C(F)(F)F)cn34)nc2c1. The molecule has 3 aromatic heterocycles. The Balaban J connectivity index is 1.54. The quantitative estimate of drug-likeness (QED) is 0.429. The second kappa shape index (κ2) is 9.14. The number of pyridine rings is 2. The molecule has 8 nitrogen and oxygen atoms in total. The van der Waals surface area contributed by atoms with Gasteiger partial charge in [0.1, 0.15) is 11.7 Å². The zero-order chi connectivity index (χ0) is 25.6. The van der Waals surface area contributed by atoms with Crippen molar-refractivity contribution in [1.29, 1.82) is 0 Å². The number of aromatic nitrogens is 4. The van der Waals surface area contributed by atoms with Crippen molar-refractivity contribution in [2.75, 3.05) is 18.4 Å².